The molecule has 1 unspecified atom stereocenters. The van der Waals surface area contributed by atoms with E-state index >= 15 is 0 Å². The molecule has 0 fully saturated rings. The predicted molar refractivity (Wildman–Crippen MR) is 67.9 cm³/mol. The average molecular weight is 245 g/mol. The summed E-state index contributed by atoms with van der Waals surface area (Å²) in [5.74, 6) is -0.149. The molecule has 0 aliphatic carbocycles. The van der Waals surface area contributed by atoms with Crippen LogP contribution in [0.15, 0.2) is 42.7 Å². The van der Waals surface area contributed by atoms with Crippen molar-refractivity contribution in [3.8, 4) is 11.4 Å². The largest absolute Gasteiger partial charge is 0.480 e. The maximum atomic E-state index is 10.7. The molecular weight excluding hydrogens is 230 g/mol. The molecule has 2 aromatic rings. The van der Waals surface area contributed by atoms with Gasteiger partial charge in [0, 0.05) is 24.5 Å². The van der Waals surface area contributed by atoms with E-state index < -0.39 is 12.0 Å². The van der Waals surface area contributed by atoms with Crippen molar-refractivity contribution in [3.05, 3.63) is 42.7 Å². The van der Waals surface area contributed by atoms with Gasteiger partial charge in [-0.3, -0.25) is 4.79 Å². The Morgan fingerprint density at radius 2 is 2.11 bits per heavy atom. The monoisotopic (exact) mass is 245 g/mol. The molecule has 0 spiro atoms. The second kappa shape index (κ2) is 5.46. The number of rotatable bonds is 5. The number of carbonyl (C=O) groups is 1. The van der Waals surface area contributed by atoms with E-state index in [1.165, 1.54) is 0 Å². The fraction of sp³-hybridized carbons (Fsp3) is 0.231. The number of hydrogen-bond acceptors (Lipinski definition) is 3. The van der Waals surface area contributed by atoms with Crippen molar-refractivity contribution in [2.45, 2.75) is 19.0 Å². The van der Waals surface area contributed by atoms with Crippen LogP contribution in [0.5, 0.6) is 0 Å². The van der Waals surface area contributed by atoms with Gasteiger partial charge in [0.15, 0.2) is 0 Å². The molecule has 1 aromatic heterocycles. The lowest BCUT2D eigenvalue weighted by Gasteiger charge is -2.10. The number of aromatic nitrogens is 2. The van der Waals surface area contributed by atoms with Crippen LogP contribution in [0.3, 0.4) is 0 Å². The summed E-state index contributed by atoms with van der Waals surface area (Å²) < 4.78 is 1.91. The fourth-order valence-corrected chi connectivity index (χ4v) is 1.74. The summed E-state index contributed by atoms with van der Waals surface area (Å²) in [6, 6.07) is 8.92. The molecule has 0 saturated carbocycles. The minimum absolute atomic E-state index is 0.380. The van der Waals surface area contributed by atoms with Crippen LogP contribution in [0.4, 0.5) is 0 Å². The molecule has 3 N–H and O–H groups in total. The van der Waals surface area contributed by atoms with Crippen LogP contribution in [-0.2, 0) is 11.3 Å². The summed E-state index contributed by atoms with van der Waals surface area (Å²) in [4.78, 5) is 14.9. The molecule has 0 amide bonds. The van der Waals surface area contributed by atoms with E-state index in [-0.39, 0.29) is 0 Å². The Morgan fingerprint density at radius 1 is 1.39 bits per heavy atom. The van der Waals surface area contributed by atoms with Crippen LogP contribution in [-0.4, -0.2) is 26.7 Å². The number of nitrogens with zero attached hydrogens (tertiary/aromatic N) is 2. The van der Waals surface area contributed by atoms with Crippen LogP contribution in [0.25, 0.3) is 11.4 Å². The molecule has 2 rings (SSSR count). The number of hydrogen-bond donors (Lipinski definition) is 2. The number of nitrogens with two attached hydrogens (primary N) is 1. The van der Waals surface area contributed by atoms with Gasteiger partial charge in [-0.1, -0.05) is 30.3 Å². The summed E-state index contributed by atoms with van der Waals surface area (Å²) >= 11 is 0. The Morgan fingerprint density at radius 3 is 2.78 bits per heavy atom. The van der Waals surface area contributed by atoms with Crippen LogP contribution in [0.1, 0.15) is 6.42 Å². The Bertz CT molecular complexity index is 522. The Hall–Kier alpha value is -2.14. The number of imidazole rings is 1. The zero-order chi connectivity index (χ0) is 13.0. The molecular formula is C13H15N3O2. The third-order valence-corrected chi connectivity index (χ3v) is 2.75. The fourth-order valence-electron chi connectivity index (χ4n) is 1.74. The average Bonchev–Trinajstić information content (AvgIpc) is 2.85. The van der Waals surface area contributed by atoms with E-state index in [0.29, 0.717) is 13.0 Å². The van der Waals surface area contributed by atoms with E-state index in [1.54, 1.807) is 6.20 Å². The zero-order valence-electron chi connectivity index (χ0n) is 9.86. The van der Waals surface area contributed by atoms with Crippen LogP contribution >= 0.6 is 0 Å². The third kappa shape index (κ3) is 2.75. The standard InChI is InChI=1S/C13H15N3O2/c14-11(13(17)18)6-8-16-9-7-15-12(16)10-4-2-1-3-5-10/h1-5,7,9,11H,6,8,14H2,(H,17,18). The van der Waals surface area contributed by atoms with Crippen molar-refractivity contribution >= 4 is 5.97 Å². The van der Waals surface area contributed by atoms with Gasteiger partial charge in [-0.15, -0.1) is 0 Å². The first-order chi connectivity index (χ1) is 8.68. The second-order valence-electron chi connectivity index (χ2n) is 4.04. The van der Waals surface area contributed by atoms with Crippen molar-refractivity contribution in [1.82, 2.24) is 9.55 Å². The minimum atomic E-state index is -0.976. The first kappa shape index (κ1) is 12.3. The molecule has 1 heterocycles. The third-order valence-electron chi connectivity index (χ3n) is 2.75. The lowest BCUT2D eigenvalue weighted by Crippen LogP contribution is -2.31. The molecule has 0 aliphatic heterocycles. The van der Waals surface area contributed by atoms with E-state index in [2.05, 4.69) is 4.98 Å². The molecule has 5 nitrogen and oxygen atoms in total. The van der Waals surface area contributed by atoms with Crippen LogP contribution in [0, 0.1) is 0 Å². The zero-order valence-corrected chi connectivity index (χ0v) is 9.86. The first-order valence-electron chi connectivity index (χ1n) is 5.73. The van der Waals surface area contributed by atoms with Crippen molar-refractivity contribution in [1.29, 1.82) is 0 Å². The molecule has 0 aliphatic rings. The molecule has 5 heteroatoms. The Balaban J connectivity index is 2.12. The van der Waals surface area contributed by atoms with E-state index in [0.717, 1.165) is 11.4 Å². The van der Waals surface area contributed by atoms with E-state index in [9.17, 15) is 4.79 Å². The maximum Gasteiger partial charge on any atom is 0.320 e. The van der Waals surface area contributed by atoms with Gasteiger partial charge in [-0.2, -0.15) is 0 Å². The number of benzene rings is 1. The van der Waals surface area contributed by atoms with Crippen molar-refractivity contribution < 1.29 is 9.90 Å². The van der Waals surface area contributed by atoms with Gasteiger partial charge in [0.05, 0.1) is 0 Å². The van der Waals surface area contributed by atoms with Gasteiger partial charge >= 0.3 is 5.97 Å². The van der Waals surface area contributed by atoms with Crippen LogP contribution < -0.4 is 5.73 Å². The van der Waals surface area contributed by atoms with Gasteiger partial charge in [0.1, 0.15) is 11.9 Å². The van der Waals surface area contributed by atoms with Crippen molar-refractivity contribution in [2.75, 3.05) is 0 Å². The highest BCUT2D eigenvalue weighted by Crippen LogP contribution is 2.17. The van der Waals surface area contributed by atoms with Crippen molar-refractivity contribution in [2.24, 2.45) is 5.73 Å². The van der Waals surface area contributed by atoms with Gasteiger partial charge in [0.25, 0.3) is 0 Å². The summed E-state index contributed by atoms with van der Waals surface area (Å²) in [5, 5.41) is 8.75. The topological polar surface area (TPSA) is 81.1 Å². The predicted octanol–water partition coefficient (Wildman–Crippen LogP) is 1.35. The van der Waals surface area contributed by atoms with Gasteiger partial charge < -0.3 is 15.4 Å². The summed E-state index contributed by atoms with van der Waals surface area (Å²) in [7, 11) is 0. The smallest absolute Gasteiger partial charge is 0.320 e. The summed E-state index contributed by atoms with van der Waals surface area (Å²) in [6.45, 7) is 0.539. The minimum Gasteiger partial charge on any atom is -0.480 e. The Kier molecular flexibility index (Phi) is 3.74. The number of carboxylic acids is 1. The summed E-state index contributed by atoms with van der Waals surface area (Å²) in [5.41, 5.74) is 6.49. The lowest BCUT2D eigenvalue weighted by atomic mass is 10.2. The SMILES string of the molecule is NC(CCn1ccnc1-c1ccccc1)C(=O)O. The second-order valence-corrected chi connectivity index (χ2v) is 4.04. The lowest BCUT2D eigenvalue weighted by molar-refractivity contribution is -0.138. The van der Waals surface area contributed by atoms with Gasteiger partial charge in [0.2, 0.25) is 0 Å². The highest BCUT2D eigenvalue weighted by atomic mass is 16.4. The molecule has 0 saturated heterocycles. The Labute approximate surface area is 105 Å². The van der Waals surface area contributed by atoms with E-state index in [4.69, 9.17) is 10.8 Å². The normalized spacial score (nSPS) is 12.3. The number of carboxylic acid groups (broad SMARTS) is 1. The maximum absolute atomic E-state index is 10.7. The highest BCUT2D eigenvalue weighted by Gasteiger charge is 2.12. The molecule has 1 atom stereocenters. The molecule has 0 radical (unpaired) electrons. The van der Waals surface area contributed by atoms with Crippen LogP contribution in [0.2, 0.25) is 0 Å². The van der Waals surface area contributed by atoms with Gasteiger partial charge in [-0.05, 0) is 6.42 Å². The highest BCUT2D eigenvalue weighted by molar-refractivity contribution is 5.72. The van der Waals surface area contributed by atoms with Crippen molar-refractivity contribution in [3.63, 3.8) is 0 Å². The first-order valence-corrected chi connectivity index (χ1v) is 5.73. The number of aliphatic carboxylic acids is 1. The molecule has 0 bridgehead atoms. The number of aryl methyl sites for hydroxylation is 1. The summed E-state index contributed by atoms with van der Waals surface area (Å²) in [6.07, 6.45) is 3.91. The van der Waals surface area contributed by atoms with Gasteiger partial charge in [-0.25, -0.2) is 4.98 Å². The molecule has 1 aromatic carbocycles. The molecule has 94 valence electrons. The van der Waals surface area contributed by atoms with E-state index in [1.807, 2.05) is 41.1 Å². The molecule has 18 heavy (non-hydrogen) atoms. The quantitative estimate of drug-likeness (QED) is 0.833.